The van der Waals surface area contributed by atoms with Crippen LogP contribution >= 0.6 is 0 Å². The van der Waals surface area contributed by atoms with Gasteiger partial charge in [-0.2, -0.15) is 5.26 Å². The van der Waals surface area contributed by atoms with E-state index in [1.807, 2.05) is 13.8 Å². The van der Waals surface area contributed by atoms with Gasteiger partial charge in [0, 0.05) is 0 Å². The Morgan fingerprint density at radius 2 is 2.00 bits per heavy atom. The number of nitrogens with one attached hydrogen (secondary N) is 1. The second kappa shape index (κ2) is 7.76. The molecule has 0 spiro atoms. The van der Waals surface area contributed by atoms with Gasteiger partial charge in [-0.3, -0.25) is 0 Å². The van der Waals surface area contributed by atoms with Gasteiger partial charge in [0.15, 0.2) is 0 Å². The number of nitriles is 1. The van der Waals surface area contributed by atoms with Gasteiger partial charge in [-0.25, -0.2) is 0 Å². The molecule has 0 atom stereocenters. The van der Waals surface area contributed by atoms with Gasteiger partial charge in [0.1, 0.15) is 0 Å². The molecule has 0 unspecified atom stereocenters. The number of hydrogen-bond donors (Lipinski definition) is 1. The van der Waals surface area contributed by atoms with Crippen molar-refractivity contribution in [2.75, 3.05) is 32.7 Å². The van der Waals surface area contributed by atoms with E-state index in [1.54, 1.807) is 0 Å². The molecule has 1 fully saturated rings. The van der Waals surface area contributed by atoms with Crippen LogP contribution in [0.1, 0.15) is 46.5 Å². The monoisotopic (exact) mass is 251 g/mol. The average molecular weight is 251 g/mol. The zero-order valence-corrected chi connectivity index (χ0v) is 12.3. The van der Waals surface area contributed by atoms with Crippen LogP contribution in [0.5, 0.6) is 0 Å². The molecule has 1 aliphatic heterocycles. The first-order chi connectivity index (χ1) is 8.57. The van der Waals surface area contributed by atoms with Gasteiger partial charge >= 0.3 is 0 Å². The van der Waals surface area contributed by atoms with Gasteiger partial charge in [-0.15, -0.1) is 0 Å². The van der Waals surface area contributed by atoms with E-state index in [1.165, 1.54) is 39.0 Å². The molecule has 0 aromatic heterocycles. The smallest absolute Gasteiger partial charge is 0.0683 e. The number of hydrogen-bond acceptors (Lipinski definition) is 3. The minimum absolute atomic E-state index is 0.149. The van der Waals surface area contributed by atoms with E-state index in [4.69, 9.17) is 5.26 Å². The fourth-order valence-corrected chi connectivity index (χ4v) is 2.56. The summed E-state index contributed by atoms with van der Waals surface area (Å²) in [6.07, 6.45) is 4.82. The van der Waals surface area contributed by atoms with Crippen LogP contribution in [0, 0.1) is 22.7 Å². The molecule has 0 aromatic carbocycles. The van der Waals surface area contributed by atoms with Crippen LogP contribution < -0.4 is 5.32 Å². The second-order valence-corrected chi connectivity index (χ2v) is 6.19. The molecule has 18 heavy (non-hydrogen) atoms. The number of nitrogens with zero attached hydrogens (tertiary/aromatic N) is 2. The van der Waals surface area contributed by atoms with Crippen LogP contribution in [0.2, 0.25) is 0 Å². The molecular weight excluding hydrogens is 222 g/mol. The fourth-order valence-electron chi connectivity index (χ4n) is 2.56. The predicted molar refractivity (Wildman–Crippen MR) is 76.3 cm³/mol. The third-order valence-electron chi connectivity index (χ3n) is 3.97. The highest BCUT2D eigenvalue weighted by Crippen LogP contribution is 2.22. The zero-order valence-electron chi connectivity index (χ0n) is 12.3. The Hall–Kier alpha value is -0.590. The van der Waals surface area contributed by atoms with Crippen LogP contribution in [0.4, 0.5) is 0 Å². The maximum absolute atomic E-state index is 8.98. The summed E-state index contributed by atoms with van der Waals surface area (Å²) in [6.45, 7) is 12.2. The van der Waals surface area contributed by atoms with Crippen molar-refractivity contribution < 1.29 is 0 Å². The molecule has 0 radical (unpaired) electrons. The van der Waals surface area contributed by atoms with Gasteiger partial charge < -0.3 is 10.2 Å². The number of likely N-dealkylation sites (tertiary alicyclic amines) is 1. The first-order valence-electron chi connectivity index (χ1n) is 7.41. The quantitative estimate of drug-likeness (QED) is 0.756. The molecular formula is C15H29N3. The summed E-state index contributed by atoms with van der Waals surface area (Å²) in [6, 6.07) is 2.38. The van der Waals surface area contributed by atoms with E-state index in [2.05, 4.69) is 23.2 Å². The molecule has 3 nitrogen and oxygen atoms in total. The Bertz CT molecular complexity index is 259. The molecule has 1 aliphatic rings. The Morgan fingerprint density at radius 3 is 2.56 bits per heavy atom. The van der Waals surface area contributed by atoms with E-state index in [0.717, 1.165) is 25.3 Å². The summed E-state index contributed by atoms with van der Waals surface area (Å²) in [5.74, 6) is 0.872. The van der Waals surface area contributed by atoms with Gasteiger partial charge in [-0.05, 0) is 78.2 Å². The summed E-state index contributed by atoms with van der Waals surface area (Å²) < 4.78 is 0. The second-order valence-electron chi connectivity index (χ2n) is 6.19. The van der Waals surface area contributed by atoms with Crippen LogP contribution in [-0.4, -0.2) is 37.6 Å². The maximum Gasteiger partial charge on any atom is 0.0683 e. The summed E-state index contributed by atoms with van der Waals surface area (Å²) in [4.78, 5) is 2.57. The van der Waals surface area contributed by atoms with Gasteiger partial charge in [-0.1, -0.05) is 6.92 Å². The normalized spacial score (nSPS) is 18.8. The molecule has 1 saturated heterocycles. The molecule has 1 heterocycles. The molecule has 0 saturated carbocycles. The Balaban J connectivity index is 2.11. The van der Waals surface area contributed by atoms with E-state index in [9.17, 15) is 0 Å². The van der Waals surface area contributed by atoms with Crippen molar-refractivity contribution >= 4 is 0 Å². The van der Waals surface area contributed by atoms with Crippen molar-refractivity contribution in [1.29, 1.82) is 5.26 Å². The fraction of sp³-hybridized carbons (Fsp3) is 0.933. The third kappa shape index (κ3) is 5.84. The lowest BCUT2D eigenvalue weighted by Gasteiger charge is -2.32. The van der Waals surface area contributed by atoms with Crippen molar-refractivity contribution in [3.05, 3.63) is 0 Å². The van der Waals surface area contributed by atoms with E-state index < -0.39 is 0 Å². The van der Waals surface area contributed by atoms with Crippen molar-refractivity contribution in [3.8, 4) is 6.07 Å². The van der Waals surface area contributed by atoms with Crippen molar-refractivity contribution in [1.82, 2.24) is 10.2 Å². The lowest BCUT2D eigenvalue weighted by atomic mass is 9.89. The predicted octanol–water partition coefficient (Wildman–Crippen LogP) is 2.64. The SMILES string of the molecule is CCNCC1CCN(CCCC(C)(C)C#N)CC1. The topological polar surface area (TPSA) is 39.1 Å². The first-order valence-corrected chi connectivity index (χ1v) is 7.41. The highest BCUT2D eigenvalue weighted by Gasteiger charge is 2.20. The first kappa shape index (κ1) is 15.5. The molecule has 1 N–H and O–H groups in total. The molecule has 0 aliphatic carbocycles. The Morgan fingerprint density at radius 1 is 1.33 bits per heavy atom. The van der Waals surface area contributed by atoms with Crippen molar-refractivity contribution in [3.63, 3.8) is 0 Å². The lowest BCUT2D eigenvalue weighted by Crippen LogP contribution is -2.37. The summed E-state index contributed by atoms with van der Waals surface area (Å²) in [5.41, 5.74) is -0.149. The number of rotatable bonds is 7. The Kier molecular flexibility index (Phi) is 6.67. The van der Waals surface area contributed by atoms with E-state index >= 15 is 0 Å². The van der Waals surface area contributed by atoms with Crippen molar-refractivity contribution in [2.24, 2.45) is 11.3 Å². The number of piperidine rings is 1. The Labute approximate surface area is 113 Å². The maximum atomic E-state index is 8.98. The van der Waals surface area contributed by atoms with Crippen LogP contribution in [0.15, 0.2) is 0 Å². The van der Waals surface area contributed by atoms with Crippen molar-refractivity contribution in [2.45, 2.75) is 46.5 Å². The van der Waals surface area contributed by atoms with Gasteiger partial charge in [0.25, 0.3) is 0 Å². The molecule has 0 amide bonds. The molecule has 3 heteroatoms. The summed E-state index contributed by atoms with van der Waals surface area (Å²) >= 11 is 0. The minimum Gasteiger partial charge on any atom is -0.317 e. The van der Waals surface area contributed by atoms with Crippen LogP contribution in [0.3, 0.4) is 0 Å². The molecule has 0 aromatic rings. The summed E-state index contributed by atoms with van der Waals surface area (Å²) in [7, 11) is 0. The highest BCUT2D eigenvalue weighted by molar-refractivity contribution is 4.91. The lowest BCUT2D eigenvalue weighted by molar-refractivity contribution is 0.176. The van der Waals surface area contributed by atoms with Crippen LogP contribution in [-0.2, 0) is 0 Å². The highest BCUT2D eigenvalue weighted by atomic mass is 15.1. The molecule has 0 bridgehead atoms. The van der Waals surface area contributed by atoms with Gasteiger partial charge in [0.2, 0.25) is 0 Å². The van der Waals surface area contributed by atoms with E-state index in [0.29, 0.717) is 0 Å². The molecule has 104 valence electrons. The molecule has 1 rings (SSSR count). The zero-order chi connectivity index (χ0) is 13.4. The standard InChI is InChI=1S/C15H29N3/c1-4-17-12-14-6-10-18(11-7-14)9-5-8-15(2,3)13-16/h14,17H,4-12H2,1-3H3. The largest absolute Gasteiger partial charge is 0.317 e. The summed E-state index contributed by atoms with van der Waals surface area (Å²) in [5, 5.41) is 12.4. The van der Waals surface area contributed by atoms with E-state index in [-0.39, 0.29) is 5.41 Å². The average Bonchev–Trinajstić information content (AvgIpc) is 2.38. The minimum atomic E-state index is -0.149. The van der Waals surface area contributed by atoms with Crippen LogP contribution in [0.25, 0.3) is 0 Å². The third-order valence-corrected chi connectivity index (χ3v) is 3.97. The van der Waals surface area contributed by atoms with Gasteiger partial charge in [0.05, 0.1) is 11.5 Å².